The number of anilines is 2. The fourth-order valence-corrected chi connectivity index (χ4v) is 4.20. The molecule has 0 bridgehead atoms. The van der Waals surface area contributed by atoms with Crippen LogP contribution >= 0.6 is 0 Å². The molecule has 2 aromatic heterocycles. The third-order valence-electron chi connectivity index (χ3n) is 6.87. The van der Waals surface area contributed by atoms with Gasteiger partial charge in [0.25, 0.3) is 11.5 Å². The number of amidine groups is 1. The average Bonchev–Trinajstić information content (AvgIpc) is 2.98. The minimum atomic E-state index is -0.942. The second-order valence-electron chi connectivity index (χ2n) is 10.2. The fourth-order valence-electron chi connectivity index (χ4n) is 4.20. The van der Waals surface area contributed by atoms with E-state index in [4.69, 9.17) is 15.9 Å². The summed E-state index contributed by atoms with van der Waals surface area (Å²) >= 11 is 0. The molecule has 0 unspecified atom stereocenters. The van der Waals surface area contributed by atoms with E-state index in [0.717, 1.165) is 29.0 Å². The van der Waals surface area contributed by atoms with Gasteiger partial charge in [-0.25, -0.2) is 23.1 Å². The Bertz CT molecular complexity index is 1840. The highest BCUT2D eigenvalue weighted by Gasteiger charge is 2.23. The molecule has 1 atom stereocenters. The Kier molecular flexibility index (Phi) is 9.23. The van der Waals surface area contributed by atoms with Gasteiger partial charge in [-0.2, -0.15) is 0 Å². The Morgan fingerprint density at radius 3 is 2.41 bits per heavy atom. The maximum absolute atomic E-state index is 15.2. The van der Waals surface area contributed by atoms with Gasteiger partial charge in [-0.1, -0.05) is 0 Å². The lowest BCUT2D eigenvalue weighted by atomic mass is 10.1. The van der Waals surface area contributed by atoms with Crippen molar-refractivity contribution in [3.05, 3.63) is 105 Å². The van der Waals surface area contributed by atoms with Crippen LogP contribution in [-0.4, -0.2) is 55.6 Å². The molecule has 12 nitrogen and oxygen atoms in total. The van der Waals surface area contributed by atoms with E-state index in [1.165, 1.54) is 46.0 Å². The number of nitrogens with one attached hydrogen (secondary N) is 2. The Labute approximate surface area is 250 Å². The standard InChI is InChI=1S/C30H31F2N7O5/c1-16(2)38-14-21(29(42)39(30(38)43)20-8-5-18(31)6-9-20)28(41)36-19-7-10-23(22(32)13-19)44-24-11-12-35-26(33)25(24)27(34)37(4)17(3)15-40/h5-14,16-17,34,40H,15H2,1-4H3,(H2,33,35)(H,36,41)/t17-/m1/s1. The third kappa shape index (κ3) is 6.34. The van der Waals surface area contributed by atoms with E-state index < -0.39 is 46.4 Å². The molecule has 1 amide bonds. The predicted octanol–water partition coefficient (Wildman–Crippen LogP) is 3.52. The van der Waals surface area contributed by atoms with Crippen LogP contribution in [0.25, 0.3) is 5.69 Å². The SMILES string of the molecule is CC(C)n1cc(C(=O)Nc2ccc(Oc3ccnc(N)c3C(=N)N(C)[C@H](C)CO)c(F)c2)c(=O)n(-c2ccc(F)cc2)c1=O. The molecule has 0 aliphatic rings. The number of rotatable bonds is 9. The maximum atomic E-state index is 15.2. The van der Waals surface area contributed by atoms with Crippen LogP contribution in [0.5, 0.6) is 11.5 Å². The second kappa shape index (κ2) is 12.9. The van der Waals surface area contributed by atoms with Gasteiger partial charge >= 0.3 is 5.69 Å². The number of nitrogens with zero attached hydrogens (tertiary/aromatic N) is 4. The number of benzene rings is 2. The Hall–Kier alpha value is -5.37. The topological polar surface area (TPSA) is 169 Å². The summed E-state index contributed by atoms with van der Waals surface area (Å²) in [5, 5.41) is 20.5. The molecule has 0 radical (unpaired) electrons. The number of aromatic nitrogens is 3. The highest BCUT2D eigenvalue weighted by molar-refractivity contribution is 6.04. The summed E-state index contributed by atoms with van der Waals surface area (Å²) in [5.74, 6) is -2.73. The number of hydrogen-bond donors (Lipinski definition) is 4. The van der Waals surface area contributed by atoms with Crippen molar-refractivity contribution in [3.63, 3.8) is 0 Å². The van der Waals surface area contributed by atoms with Gasteiger partial charge in [-0.05, 0) is 57.2 Å². The van der Waals surface area contributed by atoms with E-state index >= 15 is 4.39 Å². The number of aliphatic hydroxyl groups is 1. The van der Waals surface area contributed by atoms with Crippen molar-refractivity contribution in [2.45, 2.75) is 32.9 Å². The summed E-state index contributed by atoms with van der Waals surface area (Å²) in [6, 6.07) is 8.75. The summed E-state index contributed by atoms with van der Waals surface area (Å²) in [7, 11) is 1.58. The average molecular weight is 608 g/mol. The van der Waals surface area contributed by atoms with Crippen molar-refractivity contribution in [1.29, 1.82) is 5.41 Å². The summed E-state index contributed by atoms with van der Waals surface area (Å²) in [5.41, 5.74) is 4.08. The van der Waals surface area contributed by atoms with Gasteiger partial charge in [0.1, 0.15) is 34.3 Å². The molecule has 0 saturated carbocycles. The molecular weight excluding hydrogens is 576 g/mol. The van der Waals surface area contributed by atoms with Crippen molar-refractivity contribution < 1.29 is 23.4 Å². The van der Waals surface area contributed by atoms with Gasteiger partial charge < -0.3 is 25.8 Å². The second-order valence-corrected chi connectivity index (χ2v) is 10.2. The number of halogens is 2. The maximum Gasteiger partial charge on any atom is 0.335 e. The first kappa shape index (κ1) is 31.6. The van der Waals surface area contributed by atoms with Gasteiger partial charge in [-0.3, -0.25) is 19.6 Å². The molecule has 2 heterocycles. The minimum Gasteiger partial charge on any atom is -0.453 e. The normalized spacial score (nSPS) is 11.7. The predicted molar refractivity (Wildman–Crippen MR) is 161 cm³/mol. The lowest BCUT2D eigenvalue weighted by Gasteiger charge is -2.27. The van der Waals surface area contributed by atoms with Gasteiger partial charge in [-0.15, -0.1) is 0 Å². The molecule has 2 aromatic carbocycles. The van der Waals surface area contributed by atoms with Crippen LogP contribution in [0.2, 0.25) is 0 Å². The number of hydrogen-bond acceptors (Lipinski definition) is 8. The zero-order valence-electron chi connectivity index (χ0n) is 24.3. The van der Waals surface area contributed by atoms with E-state index in [1.807, 2.05) is 0 Å². The molecule has 0 saturated heterocycles. The smallest absolute Gasteiger partial charge is 0.335 e. The molecule has 0 aliphatic carbocycles. The van der Waals surface area contributed by atoms with Crippen LogP contribution in [-0.2, 0) is 0 Å². The van der Waals surface area contributed by atoms with Crippen LogP contribution in [0.15, 0.2) is 70.5 Å². The van der Waals surface area contributed by atoms with E-state index in [1.54, 1.807) is 27.8 Å². The number of nitrogen functional groups attached to an aromatic ring is 1. The van der Waals surface area contributed by atoms with E-state index in [-0.39, 0.29) is 46.7 Å². The molecule has 4 aromatic rings. The summed E-state index contributed by atoms with van der Waals surface area (Å²) in [6.45, 7) is 4.84. The van der Waals surface area contributed by atoms with Crippen molar-refractivity contribution in [1.82, 2.24) is 19.0 Å². The van der Waals surface area contributed by atoms with Crippen molar-refractivity contribution in [3.8, 4) is 17.2 Å². The van der Waals surface area contributed by atoms with Crippen LogP contribution in [0.4, 0.5) is 20.3 Å². The lowest BCUT2D eigenvalue weighted by Crippen LogP contribution is -2.42. The number of aliphatic hydroxyl groups excluding tert-OH is 1. The highest BCUT2D eigenvalue weighted by atomic mass is 19.1. The largest absolute Gasteiger partial charge is 0.453 e. The lowest BCUT2D eigenvalue weighted by molar-refractivity contribution is 0.102. The number of ether oxygens (including phenoxy) is 1. The molecule has 0 spiro atoms. The first-order chi connectivity index (χ1) is 20.8. The first-order valence-corrected chi connectivity index (χ1v) is 13.4. The van der Waals surface area contributed by atoms with Gasteiger partial charge in [0.05, 0.1) is 18.3 Å². The van der Waals surface area contributed by atoms with Crippen molar-refractivity contribution in [2.75, 3.05) is 24.7 Å². The van der Waals surface area contributed by atoms with Crippen molar-refractivity contribution in [2.24, 2.45) is 0 Å². The number of nitrogens with two attached hydrogens (primary N) is 1. The Morgan fingerprint density at radius 1 is 1.11 bits per heavy atom. The summed E-state index contributed by atoms with van der Waals surface area (Å²) in [6.07, 6.45) is 2.45. The zero-order chi connectivity index (χ0) is 32.3. The summed E-state index contributed by atoms with van der Waals surface area (Å²) < 4.78 is 36.4. The molecule has 44 heavy (non-hydrogen) atoms. The minimum absolute atomic E-state index is 0.0198. The molecule has 0 fully saturated rings. The third-order valence-corrected chi connectivity index (χ3v) is 6.87. The van der Waals surface area contributed by atoms with Gasteiger partial charge in [0, 0.05) is 43.3 Å². The van der Waals surface area contributed by atoms with Crippen LogP contribution in [0.3, 0.4) is 0 Å². The molecule has 230 valence electrons. The number of carbonyl (C=O) groups excluding carboxylic acids is 1. The molecule has 4 rings (SSSR count). The quantitative estimate of drug-likeness (QED) is 0.166. The fraction of sp³-hybridized carbons (Fsp3) is 0.233. The molecular formula is C30H31F2N7O5. The number of carbonyl (C=O) groups is 1. The van der Waals surface area contributed by atoms with E-state index in [2.05, 4.69) is 10.3 Å². The Balaban J connectivity index is 1.64. The highest BCUT2D eigenvalue weighted by Crippen LogP contribution is 2.32. The number of amides is 1. The molecule has 0 aliphatic heterocycles. The van der Waals surface area contributed by atoms with Crippen molar-refractivity contribution >= 4 is 23.2 Å². The monoisotopic (exact) mass is 607 g/mol. The van der Waals surface area contributed by atoms with Crippen LogP contribution < -0.4 is 27.0 Å². The van der Waals surface area contributed by atoms with Crippen LogP contribution in [0, 0.1) is 17.0 Å². The number of likely N-dealkylation sites (N-methyl/N-ethyl adjacent to an activating group) is 1. The zero-order valence-corrected chi connectivity index (χ0v) is 24.3. The van der Waals surface area contributed by atoms with Gasteiger partial charge in [0.2, 0.25) is 0 Å². The first-order valence-electron chi connectivity index (χ1n) is 13.4. The van der Waals surface area contributed by atoms with Crippen LogP contribution in [0.1, 0.15) is 42.7 Å². The van der Waals surface area contributed by atoms with E-state index in [9.17, 15) is 23.9 Å². The summed E-state index contributed by atoms with van der Waals surface area (Å²) in [4.78, 5) is 45.0. The number of pyridine rings is 1. The van der Waals surface area contributed by atoms with E-state index in [0.29, 0.717) is 0 Å². The Morgan fingerprint density at radius 2 is 1.80 bits per heavy atom. The molecule has 14 heteroatoms. The van der Waals surface area contributed by atoms with Gasteiger partial charge in [0.15, 0.2) is 11.6 Å². The molecule has 5 N–H and O–H groups in total.